The molecule has 2 rings (SSSR count). The molecule has 8 heteroatoms. The van der Waals surface area contributed by atoms with E-state index in [2.05, 4.69) is 10.3 Å². The second-order valence-electron chi connectivity index (χ2n) is 5.25. The molecule has 0 aromatic carbocycles. The monoisotopic (exact) mass is 315 g/mol. The van der Waals surface area contributed by atoms with Crippen LogP contribution in [-0.2, 0) is 10.0 Å². The number of hydrogen-bond donors (Lipinski definition) is 3. The van der Waals surface area contributed by atoms with Crippen LogP contribution in [0.1, 0.15) is 36.7 Å². The third-order valence-electron chi connectivity index (χ3n) is 3.45. The molecule has 0 radical (unpaired) electrons. The summed E-state index contributed by atoms with van der Waals surface area (Å²) < 4.78 is 26.1. The molecule has 7 nitrogen and oxygen atoms in total. The molecule has 1 saturated heterocycles. The largest absolute Gasteiger partial charge is 0.393 e. The molecule has 1 aliphatic rings. The Kier molecular flexibility index (Phi) is 5.02. The quantitative estimate of drug-likeness (QED) is 0.702. The minimum Gasteiger partial charge on any atom is -0.393 e. The third-order valence-corrected chi connectivity index (χ3v) is 5.33. The van der Waals surface area contributed by atoms with Gasteiger partial charge in [0.15, 0.2) is 0 Å². The molecule has 1 atom stereocenters. The summed E-state index contributed by atoms with van der Waals surface area (Å²) >= 11 is 0. The second kappa shape index (κ2) is 6.59. The summed E-state index contributed by atoms with van der Waals surface area (Å²) in [5.74, 6) is -0.376. The van der Waals surface area contributed by atoms with Gasteiger partial charge in [-0.25, -0.2) is 8.42 Å². The highest BCUT2D eigenvalue weighted by molar-refractivity contribution is 7.89. The zero-order valence-corrected chi connectivity index (χ0v) is 12.8. The lowest BCUT2D eigenvalue weighted by Crippen LogP contribution is -2.28. The molecule has 1 aromatic heterocycles. The Morgan fingerprint density at radius 3 is 2.76 bits per heavy atom. The molecule has 0 saturated carbocycles. The van der Waals surface area contributed by atoms with Crippen LogP contribution in [0.25, 0.3) is 0 Å². The molecule has 1 aromatic rings. The summed E-state index contributed by atoms with van der Waals surface area (Å²) in [6.07, 6.45) is 3.05. The normalized spacial score (nSPS) is 17.8. The van der Waals surface area contributed by atoms with Crippen LogP contribution in [0.4, 0.5) is 0 Å². The molecular weight excluding hydrogens is 294 g/mol. The predicted octanol–water partition coefficient (Wildman–Crippen LogP) is 0.300. The summed E-state index contributed by atoms with van der Waals surface area (Å²) in [5.41, 5.74) is 0.207. The van der Waals surface area contributed by atoms with Gasteiger partial charge in [-0.05, 0) is 32.3 Å². The number of aromatic amines is 1. The van der Waals surface area contributed by atoms with Gasteiger partial charge in [-0.1, -0.05) is 0 Å². The first-order valence-electron chi connectivity index (χ1n) is 7.06. The molecule has 118 valence electrons. The van der Waals surface area contributed by atoms with Gasteiger partial charge in [0.2, 0.25) is 10.0 Å². The molecule has 0 bridgehead atoms. The van der Waals surface area contributed by atoms with Crippen molar-refractivity contribution in [3.8, 4) is 0 Å². The van der Waals surface area contributed by atoms with E-state index >= 15 is 0 Å². The van der Waals surface area contributed by atoms with E-state index in [-0.39, 0.29) is 16.5 Å². The number of rotatable bonds is 6. The Bertz CT molecular complexity index is 588. The predicted molar refractivity (Wildman–Crippen MR) is 77.4 cm³/mol. The van der Waals surface area contributed by atoms with E-state index in [1.54, 1.807) is 6.92 Å². The van der Waals surface area contributed by atoms with Crippen LogP contribution in [0.2, 0.25) is 0 Å². The fourth-order valence-electron chi connectivity index (χ4n) is 2.22. The van der Waals surface area contributed by atoms with Crippen molar-refractivity contribution >= 4 is 15.9 Å². The van der Waals surface area contributed by atoms with Crippen LogP contribution in [0.15, 0.2) is 17.2 Å². The number of nitrogens with one attached hydrogen (secondary N) is 2. The third kappa shape index (κ3) is 3.84. The lowest BCUT2D eigenvalue weighted by molar-refractivity contribution is 0.0941. The van der Waals surface area contributed by atoms with Gasteiger partial charge in [0.25, 0.3) is 5.91 Å². The molecule has 21 heavy (non-hydrogen) atoms. The van der Waals surface area contributed by atoms with Crippen molar-refractivity contribution < 1.29 is 18.3 Å². The van der Waals surface area contributed by atoms with E-state index in [1.807, 2.05) is 0 Å². The standard InChI is InChI=1S/C13H21N3O4S/c1-10(17)4-5-14-13(18)12-8-11(9-15-12)21(19,20)16-6-2-3-7-16/h8-10,15,17H,2-7H2,1H3,(H,14,18). The van der Waals surface area contributed by atoms with Crippen molar-refractivity contribution in [3.05, 3.63) is 18.0 Å². The molecule has 1 fully saturated rings. The minimum atomic E-state index is -3.50. The Hall–Kier alpha value is -1.38. The fraction of sp³-hybridized carbons (Fsp3) is 0.615. The van der Waals surface area contributed by atoms with Crippen molar-refractivity contribution in [3.63, 3.8) is 0 Å². The van der Waals surface area contributed by atoms with Crippen LogP contribution in [0.3, 0.4) is 0 Å². The van der Waals surface area contributed by atoms with Gasteiger partial charge in [-0.2, -0.15) is 4.31 Å². The maximum absolute atomic E-state index is 12.3. The number of carbonyl (C=O) groups excluding carboxylic acids is 1. The van der Waals surface area contributed by atoms with Crippen molar-refractivity contribution in [2.75, 3.05) is 19.6 Å². The van der Waals surface area contributed by atoms with Crippen LogP contribution in [0.5, 0.6) is 0 Å². The van der Waals surface area contributed by atoms with E-state index in [0.717, 1.165) is 12.8 Å². The highest BCUT2D eigenvalue weighted by Gasteiger charge is 2.28. The molecule has 1 aliphatic heterocycles. The van der Waals surface area contributed by atoms with E-state index in [9.17, 15) is 13.2 Å². The lowest BCUT2D eigenvalue weighted by atomic mass is 10.3. The number of aliphatic hydroxyl groups is 1. The molecule has 2 heterocycles. The first kappa shape index (κ1) is 16.0. The van der Waals surface area contributed by atoms with Crippen molar-refractivity contribution in [1.29, 1.82) is 0 Å². The minimum absolute atomic E-state index is 0.116. The number of sulfonamides is 1. The van der Waals surface area contributed by atoms with E-state index in [1.165, 1.54) is 16.6 Å². The van der Waals surface area contributed by atoms with E-state index in [4.69, 9.17) is 5.11 Å². The maximum Gasteiger partial charge on any atom is 0.267 e. The Labute approximate surface area is 124 Å². The molecule has 3 N–H and O–H groups in total. The average Bonchev–Trinajstić information content (AvgIpc) is 3.10. The molecule has 1 unspecified atom stereocenters. The highest BCUT2D eigenvalue weighted by atomic mass is 32.2. The first-order chi connectivity index (χ1) is 9.91. The van der Waals surface area contributed by atoms with Crippen LogP contribution >= 0.6 is 0 Å². The molecule has 1 amide bonds. The number of H-pyrrole nitrogens is 1. The van der Waals surface area contributed by atoms with Crippen molar-refractivity contribution in [1.82, 2.24) is 14.6 Å². The van der Waals surface area contributed by atoms with Crippen molar-refractivity contribution in [2.45, 2.75) is 37.2 Å². The summed E-state index contributed by atoms with van der Waals surface area (Å²) in [6.45, 7) is 3.04. The van der Waals surface area contributed by atoms with E-state index in [0.29, 0.717) is 26.1 Å². The summed E-state index contributed by atoms with van der Waals surface area (Å²) in [5, 5.41) is 11.7. The van der Waals surface area contributed by atoms with Gasteiger partial charge in [0.1, 0.15) is 10.6 Å². The number of carbonyl (C=O) groups is 1. The van der Waals surface area contributed by atoms with Crippen LogP contribution in [0, 0.1) is 0 Å². The Morgan fingerprint density at radius 2 is 2.14 bits per heavy atom. The van der Waals surface area contributed by atoms with Crippen LogP contribution < -0.4 is 5.32 Å². The number of aliphatic hydroxyl groups excluding tert-OH is 1. The summed E-state index contributed by atoms with van der Waals surface area (Å²) in [6, 6.07) is 1.35. The van der Waals surface area contributed by atoms with Gasteiger partial charge < -0.3 is 15.4 Å². The van der Waals surface area contributed by atoms with Gasteiger partial charge in [-0.3, -0.25) is 4.79 Å². The summed E-state index contributed by atoms with van der Waals surface area (Å²) in [4.78, 5) is 14.7. The molecular formula is C13H21N3O4S. The first-order valence-corrected chi connectivity index (χ1v) is 8.50. The Balaban J connectivity index is 2.02. The van der Waals surface area contributed by atoms with Gasteiger partial charge in [0, 0.05) is 25.8 Å². The zero-order valence-electron chi connectivity index (χ0n) is 12.0. The second-order valence-corrected chi connectivity index (χ2v) is 7.19. The zero-order chi connectivity index (χ0) is 15.5. The molecule has 0 spiro atoms. The average molecular weight is 315 g/mol. The highest BCUT2D eigenvalue weighted by Crippen LogP contribution is 2.21. The van der Waals surface area contributed by atoms with Gasteiger partial charge in [0.05, 0.1) is 6.10 Å². The smallest absolute Gasteiger partial charge is 0.267 e. The number of amides is 1. The topological polar surface area (TPSA) is 102 Å². The number of nitrogens with zero attached hydrogens (tertiary/aromatic N) is 1. The van der Waals surface area contributed by atoms with Gasteiger partial charge in [-0.15, -0.1) is 0 Å². The summed E-state index contributed by atoms with van der Waals surface area (Å²) in [7, 11) is -3.50. The fourth-order valence-corrected chi connectivity index (χ4v) is 3.73. The SMILES string of the molecule is CC(O)CCNC(=O)c1cc(S(=O)(=O)N2CCCC2)c[nH]1. The lowest BCUT2D eigenvalue weighted by Gasteiger charge is -2.13. The Morgan fingerprint density at radius 1 is 1.48 bits per heavy atom. The van der Waals surface area contributed by atoms with Gasteiger partial charge >= 0.3 is 0 Å². The number of hydrogen-bond acceptors (Lipinski definition) is 4. The molecule has 0 aliphatic carbocycles. The van der Waals surface area contributed by atoms with Crippen LogP contribution in [-0.4, -0.2) is 54.5 Å². The maximum atomic E-state index is 12.3. The van der Waals surface area contributed by atoms with E-state index < -0.39 is 16.1 Å². The number of aromatic nitrogens is 1. The van der Waals surface area contributed by atoms with Crippen molar-refractivity contribution in [2.24, 2.45) is 0 Å².